The Morgan fingerprint density at radius 1 is 1.43 bits per heavy atom. The van der Waals surface area contributed by atoms with Gasteiger partial charge in [0.05, 0.1) is 0 Å². The van der Waals surface area contributed by atoms with Crippen LogP contribution in [0, 0.1) is 6.92 Å². The van der Waals surface area contributed by atoms with Crippen LogP contribution >= 0.6 is 11.5 Å². The maximum Gasteiger partial charge on any atom is 0.205 e. The van der Waals surface area contributed by atoms with Crippen molar-refractivity contribution in [2.45, 2.75) is 26.7 Å². The van der Waals surface area contributed by atoms with Crippen molar-refractivity contribution in [2.75, 3.05) is 24.5 Å². The van der Waals surface area contributed by atoms with Crippen LogP contribution in [0.4, 0.5) is 5.13 Å². The molecule has 0 aliphatic rings. The molecule has 1 heterocycles. The van der Waals surface area contributed by atoms with Crippen LogP contribution in [0.1, 0.15) is 25.6 Å². The lowest BCUT2D eigenvalue weighted by Crippen LogP contribution is -2.30. The zero-order chi connectivity index (χ0) is 10.4. The highest BCUT2D eigenvalue weighted by Crippen LogP contribution is 2.16. The molecule has 0 saturated heterocycles. The Hall–Kier alpha value is -0.680. The van der Waals surface area contributed by atoms with E-state index in [0.29, 0.717) is 6.54 Å². The highest BCUT2D eigenvalue weighted by molar-refractivity contribution is 7.09. The lowest BCUT2D eigenvalue weighted by Gasteiger charge is -2.19. The number of aromatic nitrogens is 2. The van der Waals surface area contributed by atoms with E-state index in [4.69, 9.17) is 5.73 Å². The van der Waals surface area contributed by atoms with Crippen LogP contribution < -0.4 is 10.6 Å². The Balaban J connectivity index is 2.57. The summed E-state index contributed by atoms with van der Waals surface area (Å²) < 4.78 is 4.18. The molecule has 0 fully saturated rings. The van der Waals surface area contributed by atoms with Crippen molar-refractivity contribution in [3.8, 4) is 0 Å². The molecule has 1 aromatic heterocycles. The number of nitrogens with zero attached hydrogens (tertiary/aromatic N) is 3. The number of aryl methyl sites for hydroxylation is 1. The predicted octanol–water partition coefficient (Wildman–Crippen LogP) is 1.41. The average molecular weight is 214 g/mol. The number of unbranched alkanes of at least 4 members (excludes halogenated alkanes) is 1. The van der Waals surface area contributed by atoms with Gasteiger partial charge in [0.2, 0.25) is 5.13 Å². The second kappa shape index (κ2) is 5.93. The molecule has 4 nitrogen and oxygen atoms in total. The van der Waals surface area contributed by atoms with Crippen molar-refractivity contribution in [1.82, 2.24) is 9.36 Å². The molecule has 0 aromatic carbocycles. The molecule has 0 amide bonds. The van der Waals surface area contributed by atoms with Gasteiger partial charge in [-0.25, -0.2) is 4.98 Å². The van der Waals surface area contributed by atoms with Gasteiger partial charge in [0.1, 0.15) is 5.82 Å². The van der Waals surface area contributed by atoms with E-state index in [1.165, 1.54) is 24.4 Å². The van der Waals surface area contributed by atoms with Crippen LogP contribution in [0.15, 0.2) is 0 Å². The van der Waals surface area contributed by atoms with Gasteiger partial charge in [-0.3, -0.25) is 0 Å². The largest absolute Gasteiger partial charge is 0.346 e. The molecule has 1 aromatic rings. The zero-order valence-electron chi connectivity index (χ0n) is 8.86. The minimum Gasteiger partial charge on any atom is -0.346 e. The van der Waals surface area contributed by atoms with Gasteiger partial charge in [0, 0.05) is 31.2 Å². The van der Waals surface area contributed by atoms with Crippen LogP contribution in [0.25, 0.3) is 0 Å². The molecule has 14 heavy (non-hydrogen) atoms. The molecule has 0 aliphatic heterocycles. The minimum absolute atomic E-state index is 0.669. The van der Waals surface area contributed by atoms with E-state index in [1.807, 2.05) is 6.92 Å². The van der Waals surface area contributed by atoms with E-state index in [1.54, 1.807) is 0 Å². The first-order valence-electron chi connectivity index (χ1n) is 5.03. The average Bonchev–Trinajstić information content (AvgIpc) is 2.59. The Morgan fingerprint density at radius 2 is 2.21 bits per heavy atom. The molecule has 0 unspecified atom stereocenters. The summed E-state index contributed by atoms with van der Waals surface area (Å²) in [5, 5.41) is 1.00. The van der Waals surface area contributed by atoms with E-state index in [9.17, 15) is 0 Å². The summed E-state index contributed by atoms with van der Waals surface area (Å²) in [5.74, 6) is 0.850. The quantitative estimate of drug-likeness (QED) is 0.778. The maximum atomic E-state index is 5.56. The highest BCUT2D eigenvalue weighted by atomic mass is 32.1. The normalized spacial score (nSPS) is 10.5. The number of hydrogen-bond donors (Lipinski definition) is 1. The van der Waals surface area contributed by atoms with Gasteiger partial charge in [-0.2, -0.15) is 4.37 Å². The van der Waals surface area contributed by atoms with Gasteiger partial charge in [-0.05, 0) is 13.3 Å². The van der Waals surface area contributed by atoms with Crippen LogP contribution in [0.5, 0.6) is 0 Å². The first kappa shape index (κ1) is 11.4. The van der Waals surface area contributed by atoms with Crippen molar-refractivity contribution in [3.05, 3.63) is 5.82 Å². The van der Waals surface area contributed by atoms with Crippen LogP contribution in [-0.2, 0) is 0 Å². The summed E-state index contributed by atoms with van der Waals surface area (Å²) in [6.07, 6.45) is 2.37. The molecule has 0 bridgehead atoms. The van der Waals surface area contributed by atoms with Gasteiger partial charge in [-0.15, -0.1) is 0 Å². The fraction of sp³-hybridized carbons (Fsp3) is 0.778. The maximum absolute atomic E-state index is 5.56. The van der Waals surface area contributed by atoms with Crippen LogP contribution in [0.3, 0.4) is 0 Å². The summed E-state index contributed by atoms with van der Waals surface area (Å²) in [6.45, 7) is 6.67. The van der Waals surface area contributed by atoms with Crippen LogP contribution in [0.2, 0.25) is 0 Å². The van der Waals surface area contributed by atoms with Crippen molar-refractivity contribution in [3.63, 3.8) is 0 Å². The molecule has 80 valence electrons. The number of nitrogens with two attached hydrogens (primary N) is 1. The molecule has 1 rings (SSSR count). The van der Waals surface area contributed by atoms with Crippen molar-refractivity contribution >= 4 is 16.7 Å². The van der Waals surface area contributed by atoms with Crippen molar-refractivity contribution in [2.24, 2.45) is 5.73 Å². The van der Waals surface area contributed by atoms with Gasteiger partial charge < -0.3 is 10.6 Å². The lowest BCUT2D eigenvalue weighted by atomic mass is 10.3. The fourth-order valence-electron chi connectivity index (χ4n) is 1.22. The van der Waals surface area contributed by atoms with E-state index in [0.717, 1.165) is 24.0 Å². The fourth-order valence-corrected chi connectivity index (χ4v) is 1.95. The lowest BCUT2D eigenvalue weighted by molar-refractivity contribution is 0.713. The molecule has 0 saturated carbocycles. The first-order chi connectivity index (χ1) is 6.77. The molecular formula is C9H18N4S. The standard InChI is InChI=1S/C9H18N4S/c1-3-4-6-13(7-5-10)9-11-8(2)12-14-9/h3-7,10H2,1-2H3. The van der Waals surface area contributed by atoms with Crippen molar-refractivity contribution < 1.29 is 0 Å². The SMILES string of the molecule is CCCCN(CCN)c1nc(C)ns1. The molecule has 0 radical (unpaired) electrons. The number of rotatable bonds is 6. The number of hydrogen-bond acceptors (Lipinski definition) is 5. The third-order valence-corrected chi connectivity index (χ3v) is 2.84. The Bertz CT molecular complexity index is 261. The van der Waals surface area contributed by atoms with E-state index in [2.05, 4.69) is 21.2 Å². The minimum atomic E-state index is 0.669. The Morgan fingerprint density at radius 3 is 2.71 bits per heavy atom. The first-order valence-corrected chi connectivity index (χ1v) is 5.80. The Labute approximate surface area is 89.3 Å². The van der Waals surface area contributed by atoms with E-state index >= 15 is 0 Å². The molecule has 5 heteroatoms. The zero-order valence-corrected chi connectivity index (χ0v) is 9.68. The topological polar surface area (TPSA) is 55.0 Å². The summed E-state index contributed by atoms with van der Waals surface area (Å²) in [6, 6.07) is 0. The van der Waals surface area contributed by atoms with Gasteiger partial charge in [0.25, 0.3) is 0 Å². The number of anilines is 1. The van der Waals surface area contributed by atoms with Gasteiger partial charge in [0.15, 0.2) is 0 Å². The second-order valence-electron chi connectivity index (χ2n) is 3.25. The molecule has 2 N–H and O–H groups in total. The van der Waals surface area contributed by atoms with Gasteiger partial charge in [-0.1, -0.05) is 13.3 Å². The third-order valence-electron chi connectivity index (χ3n) is 1.97. The molecule has 0 atom stereocenters. The summed E-state index contributed by atoms with van der Waals surface area (Å²) in [4.78, 5) is 6.58. The monoisotopic (exact) mass is 214 g/mol. The molecular weight excluding hydrogens is 196 g/mol. The summed E-state index contributed by atoms with van der Waals surface area (Å²) >= 11 is 1.46. The summed E-state index contributed by atoms with van der Waals surface area (Å²) in [5.41, 5.74) is 5.56. The van der Waals surface area contributed by atoms with Crippen LogP contribution in [-0.4, -0.2) is 29.0 Å². The van der Waals surface area contributed by atoms with Gasteiger partial charge >= 0.3 is 0 Å². The smallest absolute Gasteiger partial charge is 0.205 e. The van der Waals surface area contributed by atoms with Crippen molar-refractivity contribution in [1.29, 1.82) is 0 Å². The molecule has 0 spiro atoms. The summed E-state index contributed by atoms with van der Waals surface area (Å²) in [7, 11) is 0. The Kier molecular flexibility index (Phi) is 4.82. The molecule has 0 aliphatic carbocycles. The second-order valence-corrected chi connectivity index (χ2v) is 3.98. The van der Waals surface area contributed by atoms with E-state index in [-0.39, 0.29) is 0 Å². The predicted molar refractivity (Wildman–Crippen MR) is 60.8 cm³/mol. The highest BCUT2D eigenvalue weighted by Gasteiger charge is 2.09. The third kappa shape index (κ3) is 3.23. The van der Waals surface area contributed by atoms with E-state index < -0.39 is 0 Å².